The number of aliphatic imine (C=N–C) groups is 1. The molecule has 5 atom stereocenters. The molecule has 3 aromatic rings. The summed E-state index contributed by atoms with van der Waals surface area (Å²) in [4.78, 5) is 9.68. The van der Waals surface area contributed by atoms with Crippen molar-refractivity contribution < 1.29 is 5.11 Å². The van der Waals surface area contributed by atoms with Crippen molar-refractivity contribution in [1.82, 2.24) is 9.80 Å². The van der Waals surface area contributed by atoms with Gasteiger partial charge in [0, 0.05) is 6.04 Å². The topological polar surface area (TPSA) is 65.1 Å². The molecule has 1 aliphatic rings. The zero-order chi connectivity index (χ0) is 24.1. The van der Waals surface area contributed by atoms with E-state index in [0.717, 1.165) is 11.3 Å². The number of nitrogens with two attached hydrogens (primary N) is 1. The van der Waals surface area contributed by atoms with Crippen molar-refractivity contribution in [3.63, 3.8) is 0 Å². The van der Waals surface area contributed by atoms with Crippen molar-refractivity contribution in [2.24, 2.45) is 10.7 Å². The van der Waals surface area contributed by atoms with Crippen LogP contribution in [-0.2, 0) is 6.42 Å². The third-order valence-corrected chi connectivity index (χ3v) is 7.00. The van der Waals surface area contributed by atoms with Gasteiger partial charge in [-0.3, -0.25) is 14.8 Å². The maximum Gasteiger partial charge on any atom is 0.0839 e. The highest BCUT2D eigenvalue weighted by atomic mass is 16.3. The number of aliphatic hydroxyl groups excluding tert-OH is 1. The summed E-state index contributed by atoms with van der Waals surface area (Å²) in [5.74, 6) is 0. The van der Waals surface area contributed by atoms with Gasteiger partial charge in [0.15, 0.2) is 0 Å². The minimum Gasteiger partial charge on any atom is -0.394 e. The first-order valence-electron chi connectivity index (χ1n) is 12.0. The summed E-state index contributed by atoms with van der Waals surface area (Å²) in [5, 5.41) is 10.1. The van der Waals surface area contributed by atoms with Gasteiger partial charge in [0.25, 0.3) is 0 Å². The van der Waals surface area contributed by atoms with Crippen LogP contribution in [0.2, 0.25) is 0 Å². The van der Waals surface area contributed by atoms with Crippen LogP contribution >= 0.6 is 0 Å². The van der Waals surface area contributed by atoms with E-state index >= 15 is 0 Å². The lowest BCUT2D eigenvalue weighted by Gasteiger charge is -2.28. The zero-order valence-electron chi connectivity index (χ0n) is 20.3. The van der Waals surface area contributed by atoms with Crippen LogP contribution in [0.5, 0.6) is 0 Å². The zero-order valence-corrected chi connectivity index (χ0v) is 20.3. The molecule has 0 aliphatic heterocycles. The Morgan fingerprint density at radius 2 is 1.29 bits per heavy atom. The first-order valence-corrected chi connectivity index (χ1v) is 12.0. The van der Waals surface area contributed by atoms with E-state index in [1.165, 1.54) is 11.1 Å². The van der Waals surface area contributed by atoms with Gasteiger partial charge in [-0.25, -0.2) is 0 Å². The molecule has 0 spiro atoms. The van der Waals surface area contributed by atoms with Gasteiger partial charge in [-0.1, -0.05) is 91.0 Å². The Morgan fingerprint density at radius 1 is 0.794 bits per heavy atom. The van der Waals surface area contributed by atoms with Crippen LogP contribution < -0.4 is 5.73 Å². The lowest BCUT2D eigenvalue weighted by molar-refractivity contribution is 0.181. The fraction of sp³-hybridized carbons (Fsp3) is 0.345. The fourth-order valence-electron chi connectivity index (χ4n) is 4.75. The Labute approximate surface area is 203 Å². The van der Waals surface area contributed by atoms with E-state index in [1.807, 2.05) is 42.5 Å². The Balaban J connectivity index is 1.59. The molecule has 1 aliphatic carbocycles. The van der Waals surface area contributed by atoms with Crippen molar-refractivity contribution in [3.8, 4) is 0 Å². The van der Waals surface area contributed by atoms with Crippen molar-refractivity contribution in [2.75, 3.05) is 20.7 Å². The summed E-state index contributed by atoms with van der Waals surface area (Å²) in [6.45, 7) is 2.25. The minimum absolute atomic E-state index is 0.0181. The number of benzene rings is 3. The van der Waals surface area contributed by atoms with E-state index in [9.17, 15) is 5.11 Å². The SMILES string of the molecule is CC(c1ccccc1)N(C)C1C(=NC(CO)Cc2ccccc2)C1N(C)C(N)c1ccccc1. The molecule has 3 N–H and O–H groups in total. The van der Waals surface area contributed by atoms with Crippen molar-refractivity contribution in [3.05, 3.63) is 108 Å². The monoisotopic (exact) mass is 456 g/mol. The van der Waals surface area contributed by atoms with Crippen LogP contribution in [0.3, 0.4) is 0 Å². The Morgan fingerprint density at radius 3 is 1.85 bits per heavy atom. The van der Waals surface area contributed by atoms with E-state index in [0.29, 0.717) is 6.42 Å². The molecule has 0 aromatic heterocycles. The Bertz CT molecular complexity index is 998. The summed E-state index contributed by atoms with van der Waals surface area (Å²) in [5.41, 5.74) is 11.3. The molecule has 0 heterocycles. The van der Waals surface area contributed by atoms with Gasteiger partial charge in [-0.05, 0) is 44.1 Å². The molecule has 5 heteroatoms. The maximum absolute atomic E-state index is 10.1. The third-order valence-electron chi connectivity index (χ3n) is 7.00. The summed E-state index contributed by atoms with van der Waals surface area (Å²) in [6, 6.07) is 31.3. The van der Waals surface area contributed by atoms with Gasteiger partial charge in [-0.2, -0.15) is 0 Å². The van der Waals surface area contributed by atoms with Gasteiger partial charge >= 0.3 is 0 Å². The second-order valence-electron chi connectivity index (χ2n) is 9.24. The van der Waals surface area contributed by atoms with E-state index in [2.05, 4.69) is 79.3 Å². The number of nitrogens with zero attached hydrogens (tertiary/aromatic N) is 3. The molecule has 0 saturated heterocycles. The highest BCUT2D eigenvalue weighted by Crippen LogP contribution is 2.37. The number of hydrogen-bond donors (Lipinski definition) is 2. The standard InChI is InChI=1S/C29H36N4O/c1-21(23-15-9-5-10-16-23)32(2)27-26(31-25(20-34)19-22-13-7-4-8-14-22)28(27)33(3)29(30)24-17-11-6-12-18-24/h4-18,21,25,27-29,34H,19-20,30H2,1-3H3. The van der Waals surface area contributed by atoms with Crippen LogP contribution in [0.25, 0.3) is 0 Å². The number of hydrogen-bond acceptors (Lipinski definition) is 5. The molecule has 34 heavy (non-hydrogen) atoms. The Hall–Kier alpha value is -2.83. The molecule has 178 valence electrons. The smallest absolute Gasteiger partial charge is 0.0839 e. The van der Waals surface area contributed by atoms with Crippen molar-refractivity contribution in [2.45, 2.75) is 43.7 Å². The molecular weight excluding hydrogens is 420 g/mol. The molecule has 5 unspecified atom stereocenters. The molecule has 1 saturated carbocycles. The van der Waals surface area contributed by atoms with Gasteiger partial charge in [0.1, 0.15) is 0 Å². The van der Waals surface area contributed by atoms with Crippen LogP contribution in [0, 0.1) is 0 Å². The summed E-state index contributed by atoms with van der Waals surface area (Å²) in [7, 11) is 4.23. The lowest BCUT2D eigenvalue weighted by atomic mass is 10.1. The summed E-state index contributed by atoms with van der Waals surface area (Å²) >= 11 is 0. The van der Waals surface area contributed by atoms with E-state index in [1.54, 1.807) is 0 Å². The van der Waals surface area contributed by atoms with Crippen molar-refractivity contribution in [1.29, 1.82) is 0 Å². The molecule has 0 bridgehead atoms. The predicted molar refractivity (Wildman–Crippen MR) is 140 cm³/mol. The second-order valence-corrected chi connectivity index (χ2v) is 9.24. The van der Waals surface area contributed by atoms with Crippen molar-refractivity contribution >= 4 is 5.71 Å². The van der Waals surface area contributed by atoms with E-state index in [4.69, 9.17) is 10.7 Å². The molecule has 5 nitrogen and oxygen atoms in total. The minimum atomic E-state index is -0.233. The molecule has 0 amide bonds. The Kier molecular flexibility index (Phi) is 7.91. The maximum atomic E-state index is 10.1. The average Bonchev–Trinajstić information content (AvgIpc) is 3.61. The van der Waals surface area contributed by atoms with Crippen LogP contribution in [0.4, 0.5) is 0 Å². The molecule has 3 aromatic carbocycles. The van der Waals surface area contributed by atoms with Gasteiger partial charge in [0.2, 0.25) is 0 Å². The average molecular weight is 457 g/mol. The largest absolute Gasteiger partial charge is 0.394 e. The first kappa shape index (κ1) is 24.3. The lowest BCUT2D eigenvalue weighted by Crippen LogP contribution is -2.37. The molecule has 4 rings (SSSR count). The van der Waals surface area contributed by atoms with Crippen LogP contribution in [0.15, 0.2) is 96.0 Å². The quantitative estimate of drug-likeness (QED) is 0.452. The fourth-order valence-corrected chi connectivity index (χ4v) is 4.75. The highest BCUT2D eigenvalue weighted by Gasteiger charge is 2.53. The van der Waals surface area contributed by atoms with Gasteiger partial charge < -0.3 is 10.8 Å². The highest BCUT2D eigenvalue weighted by molar-refractivity contribution is 6.11. The summed E-state index contributed by atoms with van der Waals surface area (Å²) in [6.07, 6.45) is 0.482. The molecular formula is C29H36N4O. The normalized spacial score (nSPS) is 21.6. The second kappa shape index (κ2) is 11.1. The number of likely N-dealkylation sites (N-methyl/N-ethyl adjacent to an activating group) is 2. The molecule has 1 fully saturated rings. The number of aliphatic hydroxyl groups is 1. The van der Waals surface area contributed by atoms with Gasteiger partial charge in [-0.15, -0.1) is 0 Å². The molecule has 0 radical (unpaired) electrons. The van der Waals surface area contributed by atoms with E-state index < -0.39 is 0 Å². The first-order chi connectivity index (χ1) is 16.5. The number of rotatable bonds is 10. The van der Waals surface area contributed by atoms with Crippen LogP contribution in [-0.4, -0.2) is 59.4 Å². The predicted octanol–water partition coefficient (Wildman–Crippen LogP) is 4.06. The van der Waals surface area contributed by atoms with Crippen LogP contribution in [0.1, 0.15) is 35.8 Å². The third kappa shape index (κ3) is 5.45. The summed E-state index contributed by atoms with van der Waals surface area (Å²) < 4.78 is 0. The van der Waals surface area contributed by atoms with E-state index in [-0.39, 0.29) is 36.9 Å². The van der Waals surface area contributed by atoms with Gasteiger partial charge in [0.05, 0.1) is 36.6 Å².